The minimum absolute atomic E-state index is 0.125. The van der Waals surface area contributed by atoms with Crippen LogP contribution in [0.3, 0.4) is 0 Å². The number of ether oxygens (including phenoxy) is 3. The molecule has 0 N–H and O–H groups in total. The van der Waals surface area contributed by atoms with Crippen LogP contribution in [0.25, 0.3) is 5.52 Å². The van der Waals surface area contributed by atoms with Crippen molar-refractivity contribution in [2.24, 2.45) is 0 Å². The topological polar surface area (TPSA) is 82.4 Å². The van der Waals surface area contributed by atoms with Gasteiger partial charge in [0.2, 0.25) is 5.75 Å². The van der Waals surface area contributed by atoms with Gasteiger partial charge in [-0.2, -0.15) is 0 Å². The molecule has 2 aromatic heterocycles. The van der Waals surface area contributed by atoms with E-state index in [0.717, 1.165) is 19.6 Å². The van der Waals surface area contributed by atoms with Crippen molar-refractivity contribution in [3.8, 4) is 17.4 Å². The zero-order valence-corrected chi connectivity index (χ0v) is 13.1. The van der Waals surface area contributed by atoms with E-state index in [-0.39, 0.29) is 17.4 Å². The monoisotopic (exact) mass is 331 g/mol. The van der Waals surface area contributed by atoms with Crippen LogP contribution in [0, 0.1) is 0 Å². The Labute approximate surface area is 137 Å². The van der Waals surface area contributed by atoms with Gasteiger partial charge in [-0.3, -0.25) is 4.90 Å². The van der Waals surface area contributed by atoms with E-state index in [2.05, 4.69) is 10.00 Å². The van der Waals surface area contributed by atoms with Crippen LogP contribution in [-0.4, -0.2) is 52.7 Å². The Balaban J connectivity index is 1.56. The zero-order chi connectivity index (χ0) is 16.5. The molecule has 1 fully saturated rings. The average molecular weight is 331 g/mol. The first-order valence-corrected chi connectivity index (χ1v) is 8.03. The van der Waals surface area contributed by atoms with Gasteiger partial charge in [0.25, 0.3) is 5.88 Å². The molecule has 8 nitrogen and oxygen atoms in total. The summed E-state index contributed by atoms with van der Waals surface area (Å²) in [5.41, 5.74) is 0.407. The number of piperidine rings is 1. The number of likely N-dealkylation sites (tertiary alicyclic amines) is 1. The second kappa shape index (κ2) is 6.12. The number of esters is 2. The van der Waals surface area contributed by atoms with E-state index >= 15 is 0 Å². The van der Waals surface area contributed by atoms with Crippen molar-refractivity contribution in [1.29, 1.82) is 0 Å². The molecule has 0 aromatic carbocycles. The summed E-state index contributed by atoms with van der Waals surface area (Å²) >= 11 is 0. The second-order valence-electron chi connectivity index (χ2n) is 5.83. The molecule has 0 aliphatic carbocycles. The van der Waals surface area contributed by atoms with E-state index in [1.165, 1.54) is 23.8 Å². The summed E-state index contributed by atoms with van der Waals surface area (Å²) in [6, 6.07) is 3.25. The first-order chi connectivity index (χ1) is 11.7. The Morgan fingerprint density at radius 1 is 1.12 bits per heavy atom. The Kier molecular flexibility index (Phi) is 3.81. The number of nitrogens with zero attached hydrogens (tertiary/aromatic N) is 3. The molecular formula is C16H17N3O5. The summed E-state index contributed by atoms with van der Waals surface area (Å²) in [6.07, 6.45) is 5.37. The van der Waals surface area contributed by atoms with Gasteiger partial charge in [0.15, 0.2) is 11.3 Å². The van der Waals surface area contributed by atoms with Crippen molar-refractivity contribution in [1.82, 2.24) is 14.5 Å². The molecule has 0 bridgehead atoms. The normalized spacial score (nSPS) is 18.2. The summed E-state index contributed by atoms with van der Waals surface area (Å²) in [5, 5.41) is 4.28. The van der Waals surface area contributed by atoms with Crippen molar-refractivity contribution >= 4 is 17.5 Å². The first-order valence-electron chi connectivity index (χ1n) is 8.03. The molecule has 2 aliphatic heterocycles. The molecule has 4 heterocycles. The van der Waals surface area contributed by atoms with Crippen LogP contribution in [0.5, 0.6) is 17.4 Å². The van der Waals surface area contributed by atoms with Crippen molar-refractivity contribution in [3.63, 3.8) is 0 Å². The van der Waals surface area contributed by atoms with Crippen LogP contribution < -0.4 is 14.2 Å². The van der Waals surface area contributed by atoms with Crippen LogP contribution in [0.2, 0.25) is 0 Å². The third-order valence-electron chi connectivity index (χ3n) is 4.20. The van der Waals surface area contributed by atoms with Crippen LogP contribution >= 0.6 is 0 Å². The zero-order valence-electron chi connectivity index (χ0n) is 13.1. The van der Waals surface area contributed by atoms with Crippen LogP contribution in [-0.2, 0) is 9.59 Å². The third kappa shape index (κ3) is 2.69. The highest BCUT2D eigenvalue weighted by Crippen LogP contribution is 2.38. The van der Waals surface area contributed by atoms with Gasteiger partial charge in [-0.1, -0.05) is 6.42 Å². The van der Waals surface area contributed by atoms with Gasteiger partial charge < -0.3 is 14.2 Å². The van der Waals surface area contributed by atoms with Crippen molar-refractivity contribution < 1.29 is 23.8 Å². The minimum atomic E-state index is -1.08. The second-order valence-corrected chi connectivity index (χ2v) is 5.83. The van der Waals surface area contributed by atoms with Gasteiger partial charge >= 0.3 is 11.9 Å². The largest absolute Gasteiger partial charge is 0.473 e. The predicted octanol–water partition coefficient (Wildman–Crippen LogP) is 1.02. The summed E-state index contributed by atoms with van der Waals surface area (Å²) in [7, 11) is 0. The summed E-state index contributed by atoms with van der Waals surface area (Å²) in [5.74, 6) is -1.60. The van der Waals surface area contributed by atoms with E-state index in [9.17, 15) is 9.59 Å². The van der Waals surface area contributed by atoms with E-state index in [1.54, 1.807) is 18.3 Å². The predicted molar refractivity (Wildman–Crippen MR) is 82.2 cm³/mol. The standard InChI is InChI=1S/C16H17N3O5/c20-15-16(21)24-13-12-11(23-15)5-4-8-19(12)17-14(13)22-10-9-18-6-2-1-3-7-18/h4-5,8H,1-3,6-7,9-10H2. The van der Waals surface area contributed by atoms with Gasteiger partial charge in [0.05, 0.1) is 0 Å². The average Bonchev–Trinajstić information content (AvgIpc) is 2.87. The lowest BCUT2D eigenvalue weighted by atomic mass is 10.1. The number of hydrogen-bond donors (Lipinski definition) is 0. The fraction of sp³-hybridized carbons (Fsp3) is 0.438. The maximum Gasteiger partial charge on any atom is 0.423 e. The quantitative estimate of drug-likeness (QED) is 0.611. The highest BCUT2D eigenvalue weighted by atomic mass is 16.6. The highest BCUT2D eigenvalue weighted by molar-refractivity contribution is 6.31. The fourth-order valence-electron chi connectivity index (χ4n) is 3.02. The van der Waals surface area contributed by atoms with Gasteiger partial charge in [-0.15, -0.1) is 5.10 Å². The third-order valence-corrected chi connectivity index (χ3v) is 4.20. The van der Waals surface area contributed by atoms with E-state index in [1.807, 2.05) is 0 Å². The lowest BCUT2D eigenvalue weighted by Gasteiger charge is -2.25. The molecule has 2 aliphatic rings. The van der Waals surface area contributed by atoms with Gasteiger partial charge in [-0.25, -0.2) is 14.1 Å². The first kappa shape index (κ1) is 14.9. The van der Waals surface area contributed by atoms with Crippen molar-refractivity contribution in [2.45, 2.75) is 19.3 Å². The molecule has 0 unspecified atom stereocenters. The molecule has 0 saturated carbocycles. The lowest BCUT2D eigenvalue weighted by Crippen LogP contribution is -2.33. The van der Waals surface area contributed by atoms with Crippen molar-refractivity contribution in [2.75, 3.05) is 26.2 Å². The van der Waals surface area contributed by atoms with Gasteiger partial charge in [0.1, 0.15) is 6.61 Å². The van der Waals surface area contributed by atoms with E-state index in [0.29, 0.717) is 12.1 Å². The van der Waals surface area contributed by atoms with Gasteiger partial charge in [0, 0.05) is 12.7 Å². The number of rotatable bonds is 4. The fourth-order valence-corrected chi connectivity index (χ4v) is 3.02. The maximum absolute atomic E-state index is 11.7. The molecule has 126 valence electrons. The molecule has 0 atom stereocenters. The molecule has 1 saturated heterocycles. The maximum atomic E-state index is 11.7. The number of carbonyl (C=O) groups excluding carboxylic acids is 2. The van der Waals surface area contributed by atoms with Crippen LogP contribution in [0.1, 0.15) is 19.3 Å². The minimum Gasteiger partial charge on any atom is -0.473 e. The smallest absolute Gasteiger partial charge is 0.423 e. The van der Waals surface area contributed by atoms with E-state index < -0.39 is 11.9 Å². The molecule has 0 amide bonds. The number of aromatic nitrogens is 2. The number of hydrogen-bond acceptors (Lipinski definition) is 7. The summed E-state index contributed by atoms with van der Waals surface area (Å²) in [6.45, 7) is 3.35. The molecule has 2 aromatic rings. The Morgan fingerprint density at radius 2 is 1.92 bits per heavy atom. The SMILES string of the molecule is O=C1Oc2cccn3nc(OCCN4CCCCC4)c(c23)OC1=O. The van der Waals surface area contributed by atoms with E-state index in [4.69, 9.17) is 14.2 Å². The highest BCUT2D eigenvalue weighted by Gasteiger charge is 2.31. The van der Waals surface area contributed by atoms with Crippen LogP contribution in [0.15, 0.2) is 18.3 Å². The molecule has 0 spiro atoms. The molecule has 4 rings (SSSR count). The Morgan fingerprint density at radius 3 is 2.75 bits per heavy atom. The van der Waals surface area contributed by atoms with Gasteiger partial charge in [-0.05, 0) is 38.1 Å². The summed E-state index contributed by atoms with van der Waals surface area (Å²) < 4.78 is 17.3. The Bertz CT molecular complexity index is 794. The number of carbonyl (C=O) groups is 2. The van der Waals surface area contributed by atoms with Crippen LogP contribution in [0.4, 0.5) is 0 Å². The number of pyridine rings is 1. The molecule has 8 heteroatoms. The molecular weight excluding hydrogens is 314 g/mol. The lowest BCUT2D eigenvalue weighted by molar-refractivity contribution is -0.155. The molecule has 0 radical (unpaired) electrons. The Hall–Kier alpha value is -2.61. The molecule has 24 heavy (non-hydrogen) atoms. The summed E-state index contributed by atoms with van der Waals surface area (Å²) in [4.78, 5) is 25.6. The van der Waals surface area contributed by atoms with Crippen molar-refractivity contribution in [3.05, 3.63) is 18.3 Å².